The van der Waals surface area contributed by atoms with E-state index in [1.54, 1.807) is 16.8 Å². The lowest BCUT2D eigenvalue weighted by molar-refractivity contribution is -0.0265. The SMILES string of the molecule is Nc1ncnc2c1ccn2C1CC(C(O)c2ccc(Cl)c(F)c2)[C@@H](O)[C@H]1O. The molecule has 0 aliphatic heterocycles. The van der Waals surface area contributed by atoms with Crippen LogP contribution in [-0.4, -0.2) is 42.1 Å². The van der Waals surface area contributed by atoms with E-state index in [1.807, 2.05) is 0 Å². The van der Waals surface area contributed by atoms with E-state index < -0.39 is 36.1 Å². The molecule has 9 heteroatoms. The molecule has 1 aliphatic carbocycles. The summed E-state index contributed by atoms with van der Waals surface area (Å²) in [6, 6.07) is 5.20. The molecule has 3 unspecified atom stereocenters. The summed E-state index contributed by atoms with van der Waals surface area (Å²) in [4.78, 5) is 8.14. The van der Waals surface area contributed by atoms with Crippen LogP contribution in [0, 0.1) is 11.7 Å². The van der Waals surface area contributed by atoms with E-state index >= 15 is 0 Å². The van der Waals surface area contributed by atoms with Crippen molar-refractivity contribution in [3.8, 4) is 0 Å². The maximum absolute atomic E-state index is 13.7. The number of nitrogen functional groups attached to an aromatic ring is 1. The fraction of sp³-hybridized carbons (Fsp3) is 0.333. The molecule has 1 saturated carbocycles. The molecule has 2 heterocycles. The predicted molar refractivity (Wildman–Crippen MR) is 97.5 cm³/mol. The van der Waals surface area contributed by atoms with Gasteiger partial charge in [-0.05, 0) is 30.2 Å². The maximum Gasteiger partial charge on any atom is 0.145 e. The normalized spacial score (nSPS) is 26.6. The fourth-order valence-corrected chi connectivity index (χ4v) is 3.95. The minimum Gasteiger partial charge on any atom is -0.390 e. The van der Waals surface area contributed by atoms with E-state index in [4.69, 9.17) is 17.3 Å². The van der Waals surface area contributed by atoms with E-state index in [0.29, 0.717) is 16.9 Å². The van der Waals surface area contributed by atoms with Gasteiger partial charge in [0.1, 0.15) is 29.7 Å². The number of nitrogens with zero attached hydrogens (tertiary/aromatic N) is 3. The fourth-order valence-electron chi connectivity index (χ4n) is 3.83. The lowest BCUT2D eigenvalue weighted by Crippen LogP contribution is -2.31. The molecule has 1 fully saturated rings. The first-order chi connectivity index (χ1) is 12.9. The lowest BCUT2D eigenvalue weighted by Gasteiger charge is -2.22. The van der Waals surface area contributed by atoms with E-state index in [2.05, 4.69) is 9.97 Å². The first kappa shape index (κ1) is 18.1. The second-order valence-electron chi connectivity index (χ2n) is 6.79. The molecule has 0 amide bonds. The molecular weight excluding hydrogens is 375 g/mol. The van der Waals surface area contributed by atoms with Crippen molar-refractivity contribution < 1.29 is 19.7 Å². The molecule has 0 saturated heterocycles. The van der Waals surface area contributed by atoms with E-state index in [-0.39, 0.29) is 17.0 Å². The third-order valence-electron chi connectivity index (χ3n) is 5.28. The molecule has 0 spiro atoms. The average molecular weight is 393 g/mol. The Kier molecular flexibility index (Phi) is 4.51. The van der Waals surface area contributed by atoms with Gasteiger partial charge in [0.2, 0.25) is 0 Å². The zero-order valence-corrected chi connectivity index (χ0v) is 14.8. The molecule has 3 aromatic rings. The first-order valence-electron chi connectivity index (χ1n) is 8.44. The lowest BCUT2D eigenvalue weighted by atomic mass is 9.92. The minimum absolute atomic E-state index is 0.0492. The van der Waals surface area contributed by atoms with E-state index in [9.17, 15) is 19.7 Å². The van der Waals surface area contributed by atoms with Crippen LogP contribution < -0.4 is 5.73 Å². The van der Waals surface area contributed by atoms with Crippen molar-refractivity contribution in [2.45, 2.75) is 30.8 Å². The van der Waals surface area contributed by atoms with Crippen molar-refractivity contribution >= 4 is 28.5 Å². The molecule has 27 heavy (non-hydrogen) atoms. The topological polar surface area (TPSA) is 117 Å². The number of benzene rings is 1. The van der Waals surface area contributed by atoms with Crippen LogP contribution in [0.4, 0.5) is 10.2 Å². The van der Waals surface area contributed by atoms with Gasteiger partial charge in [-0.3, -0.25) is 0 Å². The summed E-state index contributed by atoms with van der Waals surface area (Å²) >= 11 is 5.68. The Labute approximate surface area is 158 Å². The molecule has 2 aromatic heterocycles. The van der Waals surface area contributed by atoms with Gasteiger partial charge < -0.3 is 25.6 Å². The number of hydrogen-bond acceptors (Lipinski definition) is 6. The molecule has 4 rings (SSSR count). The summed E-state index contributed by atoms with van der Waals surface area (Å²) in [7, 11) is 0. The van der Waals surface area contributed by atoms with Gasteiger partial charge in [0.05, 0.1) is 28.7 Å². The summed E-state index contributed by atoms with van der Waals surface area (Å²) < 4.78 is 15.4. The van der Waals surface area contributed by atoms with E-state index in [0.717, 1.165) is 6.07 Å². The molecule has 0 bridgehead atoms. The van der Waals surface area contributed by atoms with Crippen molar-refractivity contribution in [1.29, 1.82) is 0 Å². The highest BCUT2D eigenvalue weighted by molar-refractivity contribution is 6.30. The van der Waals surface area contributed by atoms with Crippen molar-refractivity contribution in [1.82, 2.24) is 14.5 Å². The molecule has 1 aromatic carbocycles. The molecule has 5 N–H and O–H groups in total. The number of hydrogen-bond donors (Lipinski definition) is 4. The zero-order valence-electron chi connectivity index (χ0n) is 14.1. The van der Waals surface area contributed by atoms with Gasteiger partial charge >= 0.3 is 0 Å². The Hall–Kier alpha value is -2.26. The van der Waals surface area contributed by atoms with Crippen LogP contribution >= 0.6 is 11.6 Å². The number of fused-ring (bicyclic) bond motifs is 1. The largest absolute Gasteiger partial charge is 0.390 e. The summed E-state index contributed by atoms with van der Waals surface area (Å²) in [5.41, 5.74) is 6.67. The van der Waals surface area contributed by atoms with Crippen molar-refractivity contribution in [2.24, 2.45) is 5.92 Å². The summed E-state index contributed by atoms with van der Waals surface area (Å²) in [5.74, 6) is -1.02. The molecular formula is C18H18ClFN4O3. The standard InChI is InChI=1S/C18H18ClFN4O3/c19-11-2-1-8(5-12(11)20)14(25)10-6-13(16(27)15(10)26)24-4-3-9-17(21)22-7-23-18(9)24/h1-5,7,10,13-16,25-27H,6H2,(H2,21,22,23)/t10?,13?,14?,15-,16+/m1/s1. The van der Waals surface area contributed by atoms with Gasteiger partial charge in [-0.25, -0.2) is 14.4 Å². The monoisotopic (exact) mass is 392 g/mol. The number of anilines is 1. The van der Waals surface area contributed by atoms with Crippen LogP contribution in [0.5, 0.6) is 0 Å². The number of aromatic nitrogens is 3. The number of aliphatic hydroxyl groups is 3. The van der Waals surface area contributed by atoms with Crippen molar-refractivity contribution in [3.05, 3.63) is 53.2 Å². The van der Waals surface area contributed by atoms with Crippen LogP contribution in [0.15, 0.2) is 36.8 Å². The maximum atomic E-state index is 13.7. The van der Waals surface area contributed by atoms with Gasteiger partial charge in [-0.2, -0.15) is 0 Å². The van der Waals surface area contributed by atoms with Gasteiger partial charge in [-0.1, -0.05) is 17.7 Å². The van der Waals surface area contributed by atoms with Crippen LogP contribution in [-0.2, 0) is 0 Å². The van der Waals surface area contributed by atoms with Crippen molar-refractivity contribution in [2.75, 3.05) is 5.73 Å². The van der Waals surface area contributed by atoms with Gasteiger partial charge in [-0.15, -0.1) is 0 Å². The highest BCUT2D eigenvalue weighted by Crippen LogP contribution is 2.43. The Morgan fingerprint density at radius 1 is 1.22 bits per heavy atom. The van der Waals surface area contributed by atoms with Gasteiger partial charge in [0.25, 0.3) is 0 Å². The van der Waals surface area contributed by atoms with Crippen LogP contribution in [0.25, 0.3) is 11.0 Å². The second kappa shape index (κ2) is 6.72. The molecule has 1 aliphatic rings. The number of nitrogens with two attached hydrogens (primary N) is 1. The van der Waals surface area contributed by atoms with Crippen molar-refractivity contribution in [3.63, 3.8) is 0 Å². The van der Waals surface area contributed by atoms with E-state index in [1.165, 1.54) is 18.5 Å². The predicted octanol–water partition coefficient (Wildman–Crippen LogP) is 1.82. The number of rotatable bonds is 3. The second-order valence-corrected chi connectivity index (χ2v) is 7.19. The molecule has 7 nitrogen and oxygen atoms in total. The quantitative estimate of drug-likeness (QED) is 0.540. The highest BCUT2D eigenvalue weighted by atomic mass is 35.5. The van der Waals surface area contributed by atoms with Gasteiger partial charge in [0.15, 0.2) is 0 Å². The van der Waals surface area contributed by atoms with Gasteiger partial charge in [0, 0.05) is 12.1 Å². The number of aliphatic hydroxyl groups excluding tert-OH is 3. The smallest absolute Gasteiger partial charge is 0.145 e. The highest BCUT2D eigenvalue weighted by Gasteiger charge is 2.46. The zero-order chi connectivity index (χ0) is 19.3. The molecule has 0 radical (unpaired) electrons. The third-order valence-corrected chi connectivity index (χ3v) is 5.59. The van der Waals surface area contributed by atoms with Crippen LogP contribution in [0.1, 0.15) is 24.1 Å². The average Bonchev–Trinajstić information content (AvgIpc) is 3.20. The Balaban J connectivity index is 1.66. The molecule has 142 valence electrons. The van der Waals surface area contributed by atoms with Crippen LogP contribution in [0.3, 0.4) is 0 Å². The number of halogens is 2. The Morgan fingerprint density at radius 2 is 2.00 bits per heavy atom. The summed E-state index contributed by atoms with van der Waals surface area (Å²) in [6.45, 7) is 0. The Bertz CT molecular complexity index is 998. The summed E-state index contributed by atoms with van der Waals surface area (Å²) in [6.07, 6.45) is -0.176. The Morgan fingerprint density at radius 3 is 2.74 bits per heavy atom. The summed E-state index contributed by atoms with van der Waals surface area (Å²) in [5, 5.41) is 32.3. The minimum atomic E-state index is -1.19. The molecule has 5 atom stereocenters. The van der Waals surface area contributed by atoms with Crippen LogP contribution in [0.2, 0.25) is 5.02 Å². The first-order valence-corrected chi connectivity index (χ1v) is 8.82. The third kappa shape index (κ3) is 2.94.